The van der Waals surface area contributed by atoms with E-state index in [9.17, 15) is 0 Å². The van der Waals surface area contributed by atoms with Gasteiger partial charge < -0.3 is 5.32 Å². The summed E-state index contributed by atoms with van der Waals surface area (Å²) in [5.41, 5.74) is 0.181. The second kappa shape index (κ2) is 10.3. The van der Waals surface area contributed by atoms with Gasteiger partial charge in [-0.1, -0.05) is 72.6 Å². The van der Waals surface area contributed by atoms with Crippen LogP contribution in [0.1, 0.15) is 88.9 Å². The van der Waals surface area contributed by atoms with Crippen LogP contribution in [0, 0.1) is 0 Å². The van der Waals surface area contributed by atoms with Gasteiger partial charge in [0, 0.05) is 23.0 Å². The maximum Gasteiger partial charge on any atom is 0.0981 e. The van der Waals surface area contributed by atoms with Crippen molar-refractivity contribution in [3.05, 3.63) is 16.1 Å². The van der Waals surface area contributed by atoms with E-state index in [0.29, 0.717) is 0 Å². The number of hydrogen-bond acceptors (Lipinski definition) is 3. The molecule has 2 nitrogen and oxygen atoms in total. The number of rotatable bonds is 11. The molecule has 1 heterocycles. The number of aromatic nitrogens is 1. The summed E-state index contributed by atoms with van der Waals surface area (Å²) >= 11 is 1.85. The fourth-order valence-electron chi connectivity index (χ4n) is 2.33. The highest BCUT2D eigenvalue weighted by Crippen LogP contribution is 2.26. The summed E-state index contributed by atoms with van der Waals surface area (Å²) in [5, 5.41) is 4.79. The fourth-order valence-corrected chi connectivity index (χ4v) is 3.27. The zero-order valence-electron chi connectivity index (χ0n) is 14.5. The highest BCUT2D eigenvalue weighted by Gasteiger charge is 2.17. The molecule has 0 bridgehead atoms. The number of unbranched alkanes of at least 4 members (excludes halogenated alkanes) is 7. The Kier molecular flexibility index (Phi) is 9.18. The van der Waals surface area contributed by atoms with Crippen LogP contribution in [0.4, 0.5) is 0 Å². The molecule has 0 atom stereocenters. The van der Waals surface area contributed by atoms with Crippen molar-refractivity contribution in [1.82, 2.24) is 10.3 Å². The van der Waals surface area contributed by atoms with Gasteiger partial charge in [0.25, 0.3) is 0 Å². The Morgan fingerprint density at radius 3 is 2.19 bits per heavy atom. The molecule has 0 aliphatic rings. The summed E-state index contributed by atoms with van der Waals surface area (Å²) in [5.74, 6) is 0. The van der Waals surface area contributed by atoms with Crippen LogP contribution in [0.2, 0.25) is 0 Å². The molecule has 1 aromatic heterocycles. The molecule has 0 saturated heterocycles. The van der Waals surface area contributed by atoms with Crippen LogP contribution in [0.15, 0.2) is 6.20 Å². The topological polar surface area (TPSA) is 24.9 Å². The van der Waals surface area contributed by atoms with Crippen molar-refractivity contribution < 1.29 is 0 Å². The monoisotopic (exact) mass is 310 g/mol. The number of hydrogen-bond donors (Lipinski definition) is 1. The third-order valence-corrected chi connectivity index (χ3v) is 5.12. The molecule has 21 heavy (non-hydrogen) atoms. The third-order valence-electron chi connectivity index (χ3n) is 3.70. The molecule has 1 aromatic rings. The van der Waals surface area contributed by atoms with Gasteiger partial charge in [-0.15, -0.1) is 11.3 Å². The second-order valence-corrected chi connectivity index (χ2v) is 8.15. The van der Waals surface area contributed by atoms with Gasteiger partial charge in [0.05, 0.1) is 5.01 Å². The Bertz CT molecular complexity index is 366. The highest BCUT2D eigenvalue weighted by atomic mass is 32.1. The number of nitrogens with one attached hydrogen (secondary N) is 1. The first-order valence-electron chi connectivity index (χ1n) is 8.70. The van der Waals surface area contributed by atoms with E-state index < -0.39 is 0 Å². The van der Waals surface area contributed by atoms with Crippen LogP contribution in [0.3, 0.4) is 0 Å². The molecule has 0 amide bonds. The Labute approximate surface area is 135 Å². The molecule has 0 aliphatic carbocycles. The van der Waals surface area contributed by atoms with Crippen LogP contribution in [0.5, 0.6) is 0 Å². The lowest BCUT2D eigenvalue weighted by Gasteiger charge is -2.13. The van der Waals surface area contributed by atoms with E-state index in [-0.39, 0.29) is 5.41 Å². The fraction of sp³-hybridized carbons (Fsp3) is 0.833. The quantitative estimate of drug-likeness (QED) is 0.533. The number of thiazole rings is 1. The summed E-state index contributed by atoms with van der Waals surface area (Å²) < 4.78 is 0. The molecule has 1 rings (SSSR count). The van der Waals surface area contributed by atoms with Gasteiger partial charge in [-0.2, -0.15) is 0 Å². The molecular formula is C18H34N2S. The average Bonchev–Trinajstić information content (AvgIpc) is 2.90. The van der Waals surface area contributed by atoms with E-state index in [4.69, 9.17) is 0 Å². The van der Waals surface area contributed by atoms with E-state index in [1.807, 2.05) is 17.5 Å². The van der Waals surface area contributed by atoms with Crippen LogP contribution < -0.4 is 5.32 Å². The minimum atomic E-state index is 0.181. The van der Waals surface area contributed by atoms with Crippen molar-refractivity contribution in [2.45, 2.75) is 91.0 Å². The zero-order chi connectivity index (χ0) is 15.6. The van der Waals surface area contributed by atoms with Crippen LogP contribution in [0.25, 0.3) is 0 Å². The molecule has 1 N–H and O–H groups in total. The molecule has 3 heteroatoms. The first kappa shape index (κ1) is 18.6. The van der Waals surface area contributed by atoms with Crippen molar-refractivity contribution in [2.24, 2.45) is 0 Å². The lowest BCUT2D eigenvalue weighted by molar-refractivity contribution is 0.556. The van der Waals surface area contributed by atoms with E-state index in [2.05, 4.69) is 38.0 Å². The molecule has 0 spiro atoms. The molecule has 0 aliphatic heterocycles. The molecular weight excluding hydrogens is 276 g/mol. The maximum absolute atomic E-state index is 4.53. The summed E-state index contributed by atoms with van der Waals surface area (Å²) in [6.07, 6.45) is 13.1. The van der Waals surface area contributed by atoms with Gasteiger partial charge in [0.2, 0.25) is 0 Å². The summed E-state index contributed by atoms with van der Waals surface area (Å²) in [4.78, 5) is 5.89. The third kappa shape index (κ3) is 8.57. The van der Waals surface area contributed by atoms with Crippen molar-refractivity contribution >= 4 is 11.3 Å². The SMILES string of the molecule is CCCCCCCCCCNCc1cnc(C(C)(C)C)s1. The lowest BCUT2D eigenvalue weighted by Crippen LogP contribution is -2.13. The smallest absolute Gasteiger partial charge is 0.0981 e. The van der Waals surface area contributed by atoms with Crippen molar-refractivity contribution in [3.8, 4) is 0 Å². The van der Waals surface area contributed by atoms with Crippen LogP contribution in [-0.4, -0.2) is 11.5 Å². The zero-order valence-corrected chi connectivity index (χ0v) is 15.3. The van der Waals surface area contributed by atoms with Crippen LogP contribution >= 0.6 is 11.3 Å². The minimum absolute atomic E-state index is 0.181. The van der Waals surface area contributed by atoms with Gasteiger partial charge >= 0.3 is 0 Å². The minimum Gasteiger partial charge on any atom is -0.312 e. The highest BCUT2D eigenvalue weighted by molar-refractivity contribution is 7.11. The van der Waals surface area contributed by atoms with E-state index in [0.717, 1.165) is 13.1 Å². The normalized spacial score (nSPS) is 12.0. The van der Waals surface area contributed by atoms with Gasteiger partial charge in [-0.3, -0.25) is 0 Å². The van der Waals surface area contributed by atoms with E-state index >= 15 is 0 Å². The van der Waals surface area contributed by atoms with Crippen molar-refractivity contribution in [1.29, 1.82) is 0 Å². The lowest BCUT2D eigenvalue weighted by atomic mass is 9.98. The predicted molar refractivity (Wildman–Crippen MR) is 95.1 cm³/mol. The standard InChI is InChI=1S/C18H34N2S/c1-5-6-7-8-9-10-11-12-13-19-14-16-15-20-17(21-16)18(2,3)4/h15,19H,5-14H2,1-4H3. The first-order chi connectivity index (χ1) is 10.0. The average molecular weight is 311 g/mol. The summed E-state index contributed by atoms with van der Waals surface area (Å²) in [6, 6.07) is 0. The van der Waals surface area contributed by atoms with Crippen molar-refractivity contribution in [2.75, 3.05) is 6.54 Å². The molecule has 122 valence electrons. The number of nitrogens with zero attached hydrogens (tertiary/aromatic N) is 1. The summed E-state index contributed by atoms with van der Waals surface area (Å²) in [7, 11) is 0. The molecule has 0 aromatic carbocycles. The Morgan fingerprint density at radius 2 is 1.62 bits per heavy atom. The van der Waals surface area contributed by atoms with Gasteiger partial charge in [-0.25, -0.2) is 4.98 Å². The van der Waals surface area contributed by atoms with Gasteiger partial charge in [-0.05, 0) is 13.0 Å². The maximum atomic E-state index is 4.53. The Hall–Kier alpha value is -0.410. The first-order valence-corrected chi connectivity index (χ1v) is 9.51. The second-order valence-electron chi connectivity index (χ2n) is 7.03. The molecule has 0 radical (unpaired) electrons. The van der Waals surface area contributed by atoms with E-state index in [1.165, 1.54) is 61.3 Å². The molecule has 0 fully saturated rings. The Balaban J connectivity index is 1.98. The summed E-state index contributed by atoms with van der Waals surface area (Å²) in [6.45, 7) is 11.1. The Morgan fingerprint density at radius 1 is 1.00 bits per heavy atom. The van der Waals surface area contributed by atoms with Crippen molar-refractivity contribution in [3.63, 3.8) is 0 Å². The van der Waals surface area contributed by atoms with Gasteiger partial charge in [0.15, 0.2) is 0 Å². The molecule has 0 saturated carbocycles. The van der Waals surface area contributed by atoms with Crippen LogP contribution in [-0.2, 0) is 12.0 Å². The van der Waals surface area contributed by atoms with E-state index in [1.54, 1.807) is 0 Å². The molecule has 0 unspecified atom stereocenters. The predicted octanol–water partition coefficient (Wildman–Crippen LogP) is 5.67. The van der Waals surface area contributed by atoms with Gasteiger partial charge in [0.1, 0.15) is 0 Å². The largest absolute Gasteiger partial charge is 0.312 e.